The van der Waals surface area contributed by atoms with Gasteiger partial charge in [-0.05, 0) is 38.3 Å². The molecule has 0 unspecified atom stereocenters. The van der Waals surface area contributed by atoms with E-state index in [9.17, 15) is 9.59 Å². The number of aromatic carboxylic acids is 1. The lowest BCUT2D eigenvalue weighted by molar-refractivity contribution is -0.145. The van der Waals surface area contributed by atoms with E-state index in [1.165, 1.54) is 6.07 Å². The summed E-state index contributed by atoms with van der Waals surface area (Å²) in [6.45, 7) is 4.51. The molecule has 0 bridgehead atoms. The van der Waals surface area contributed by atoms with E-state index in [1.807, 2.05) is 31.2 Å². The van der Waals surface area contributed by atoms with Crippen molar-refractivity contribution in [1.29, 1.82) is 0 Å². The van der Waals surface area contributed by atoms with E-state index in [4.69, 9.17) is 14.3 Å². The van der Waals surface area contributed by atoms with Gasteiger partial charge in [0.1, 0.15) is 17.1 Å². The van der Waals surface area contributed by atoms with Crippen molar-refractivity contribution in [3.63, 3.8) is 0 Å². The van der Waals surface area contributed by atoms with Crippen LogP contribution in [0.25, 0.3) is 0 Å². The number of ether oxygens (including phenoxy) is 1. The molecule has 1 N–H and O–H groups in total. The molecule has 1 aliphatic rings. The van der Waals surface area contributed by atoms with Gasteiger partial charge in [-0.2, -0.15) is 0 Å². The highest BCUT2D eigenvalue weighted by atomic mass is 16.5. The molecule has 0 aliphatic carbocycles. The monoisotopic (exact) mass is 371 g/mol. The SMILES string of the molecule is Cc1ccc([C@@H]2OCCC[C@@H]2C(=O)N(C)Cc2cc(C(=O)O)c(C)o2)cc1. The number of carboxylic acids is 1. The second kappa shape index (κ2) is 7.96. The molecule has 0 saturated carbocycles. The zero-order valence-corrected chi connectivity index (χ0v) is 15.9. The smallest absolute Gasteiger partial charge is 0.339 e. The van der Waals surface area contributed by atoms with E-state index >= 15 is 0 Å². The van der Waals surface area contributed by atoms with Crippen LogP contribution in [-0.2, 0) is 16.1 Å². The van der Waals surface area contributed by atoms with Crippen molar-refractivity contribution >= 4 is 11.9 Å². The molecule has 1 saturated heterocycles. The van der Waals surface area contributed by atoms with Gasteiger partial charge in [-0.1, -0.05) is 29.8 Å². The number of carbonyl (C=O) groups is 2. The Bertz CT molecular complexity index is 824. The molecule has 1 aromatic heterocycles. The minimum absolute atomic E-state index is 0.0220. The summed E-state index contributed by atoms with van der Waals surface area (Å²) >= 11 is 0. The number of carboxylic acid groups (broad SMARTS) is 1. The molecular weight excluding hydrogens is 346 g/mol. The average Bonchev–Trinajstić information content (AvgIpc) is 3.02. The van der Waals surface area contributed by atoms with Crippen LogP contribution in [0.15, 0.2) is 34.7 Å². The van der Waals surface area contributed by atoms with Gasteiger partial charge in [0.05, 0.1) is 18.6 Å². The third-order valence-corrected chi connectivity index (χ3v) is 5.01. The molecule has 6 heteroatoms. The van der Waals surface area contributed by atoms with Crippen LogP contribution in [0.5, 0.6) is 0 Å². The minimum atomic E-state index is -1.03. The molecule has 2 heterocycles. The Labute approximate surface area is 158 Å². The third-order valence-electron chi connectivity index (χ3n) is 5.01. The summed E-state index contributed by atoms with van der Waals surface area (Å²) in [5.41, 5.74) is 2.30. The lowest BCUT2D eigenvalue weighted by Crippen LogP contribution is -2.38. The summed E-state index contributed by atoms with van der Waals surface area (Å²) in [5, 5.41) is 9.15. The Morgan fingerprint density at radius 2 is 1.93 bits per heavy atom. The second-order valence-corrected chi connectivity index (χ2v) is 7.13. The lowest BCUT2D eigenvalue weighted by atomic mass is 9.88. The fourth-order valence-corrected chi connectivity index (χ4v) is 3.55. The maximum atomic E-state index is 13.1. The van der Waals surface area contributed by atoms with Crippen LogP contribution < -0.4 is 0 Å². The molecule has 0 radical (unpaired) electrons. The molecule has 1 aromatic carbocycles. The average molecular weight is 371 g/mol. The summed E-state index contributed by atoms with van der Waals surface area (Å²) in [6, 6.07) is 9.56. The standard InChI is InChI=1S/C21H25NO5/c1-13-6-8-15(9-7-13)19-17(5-4-10-26-19)20(23)22(3)12-16-11-18(21(24)25)14(2)27-16/h6-9,11,17,19H,4-5,10,12H2,1-3H3,(H,24,25)/t17-,19-/m0/s1. The highest BCUT2D eigenvalue weighted by Gasteiger charge is 2.35. The first kappa shape index (κ1) is 19.2. The van der Waals surface area contributed by atoms with Crippen LogP contribution in [0.4, 0.5) is 0 Å². The van der Waals surface area contributed by atoms with E-state index in [-0.39, 0.29) is 30.0 Å². The van der Waals surface area contributed by atoms with E-state index in [1.54, 1.807) is 18.9 Å². The number of furan rings is 1. The maximum absolute atomic E-state index is 13.1. The highest BCUT2D eigenvalue weighted by Crippen LogP contribution is 2.35. The van der Waals surface area contributed by atoms with Gasteiger partial charge in [-0.25, -0.2) is 4.79 Å². The zero-order valence-electron chi connectivity index (χ0n) is 15.9. The van der Waals surface area contributed by atoms with Crippen molar-refractivity contribution in [3.8, 4) is 0 Å². The first-order valence-corrected chi connectivity index (χ1v) is 9.12. The number of carbonyl (C=O) groups excluding carboxylic acids is 1. The van der Waals surface area contributed by atoms with Crippen LogP contribution in [0, 0.1) is 19.8 Å². The predicted molar refractivity (Wildman–Crippen MR) is 99.5 cm³/mol. The highest BCUT2D eigenvalue weighted by molar-refractivity contribution is 5.88. The fraction of sp³-hybridized carbons (Fsp3) is 0.429. The molecule has 1 amide bonds. The number of benzene rings is 1. The molecule has 1 fully saturated rings. The number of hydrogen-bond acceptors (Lipinski definition) is 4. The Morgan fingerprint density at radius 3 is 2.56 bits per heavy atom. The first-order chi connectivity index (χ1) is 12.9. The van der Waals surface area contributed by atoms with Crippen molar-refractivity contribution < 1.29 is 23.8 Å². The van der Waals surface area contributed by atoms with Crippen molar-refractivity contribution in [3.05, 3.63) is 58.5 Å². The minimum Gasteiger partial charge on any atom is -0.478 e. The molecule has 1 aliphatic heterocycles. The Kier molecular flexibility index (Phi) is 5.65. The number of amides is 1. The molecule has 2 aromatic rings. The molecule has 0 spiro atoms. The summed E-state index contributed by atoms with van der Waals surface area (Å²) in [6.07, 6.45) is 1.34. The van der Waals surface area contributed by atoms with Gasteiger partial charge in [0.15, 0.2) is 0 Å². The summed E-state index contributed by atoms with van der Waals surface area (Å²) in [5.74, 6) is -0.509. The van der Waals surface area contributed by atoms with Gasteiger partial charge in [-0.15, -0.1) is 0 Å². The molecular formula is C21H25NO5. The number of rotatable bonds is 5. The Hall–Kier alpha value is -2.60. The Balaban J connectivity index is 1.74. The fourth-order valence-electron chi connectivity index (χ4n) is 3.55. The molecule has 2 atom stereocenters. The van der Waals surface area contributed by atoms with E-state index in [0.29, 0.717) is 18.1 Å². The van der Waals surface area contributed by atoms with Gasteiger partial charge in [-0.3, -0.25) is 4.79 Å². The molecule has 6 nitrogen and oxygen atoms in total. The van der Waals surface area contributed by atoms with Gasteiger partial charge in [0.25, 0.3) is 0 Å². The zero-order chi connectivity index (χ0) is 19.6. The number of aryl methyl sites for hydroxylation is 2. The van der Waals surface area contributed by atoms with Crippen LogP contribution in [0.1, 0.15) is 52.0 Å². The van der Waals surface area contributed by atoms with Crippen LogP contribution in [0.3, 0.4) is 0 Å². The number of hydrogen-bond donors (Lipinski definition) is 1. The summed E-state index contributed by atoms with van der Waals surface area (Å²) in [4.78, 5) is 25.8. The van der Waals surface area contributed by atoms with Crippen LogP contribution >= 0.6 is 0 Å². The van der Waals surface area contributed by atoms with Crippen molar-refractivity contribution in [2.45, 2.75) is 39.3 Å². The van der Waals surface area contributed by atoms with Gasteiger partial charge >= 0.3 is 5.97 Å². The maximum Gasteiger partial charge on any atom is 0.339 e. The largest absolute Gasteiger partial charge is 0.478 e. The van der Waals surface area contributed by atoms with Crippen molar-refractivity contribution in [1.82, 2.24) is 4.90 Å². The predicted octanol–water partition coefficient (Wildman–Crippen LogP) is 3.72. The Morgan fingerprint density at radius 1 is 1.22 bits per heavy atom. The summed E-state index contributed by atoms with van der Waals surface area (Å²) < 4.78 is 11.4. The topological polar surface area (TPSA) is 80.0 Å². The summed E-state index contributed by atoms with van der Waals surface area (Å²) in [7, 11) is 1.71. The lowest BCUT2D eigenvalue weighted by Gasteiger charge is -2.33. The van der Waals surface area contributed by atoms with Crippen molar-refractivity contribution in [2.75, 3.05) is 13.7 Å². The molecule has 27 heavy (non-hydrogen) atoms. The second-order valence-electron chi connectivity index (χ2n) is 7.13. The molecule has 144 valence electrons. The molecule has 3 rings (SSSR count). The quantitative estimate of drug-likeness (QED) is 0.866. The first-order valence-electron chi connectivity index (χ1n) is 9.12. The van der Waals surface area contributed by atoms with Crippen LogP contribution in [0.2, 0.25) is 0 Å². The van der Waals surface area contributed by atoms with E-state index in [2.05, 4.69) is 0 Å². The van der Waals surface area contributed by atoms with Gasteiger partial charge in [0.2, 0.25) is 5.91 Å². The van der Waals surface area contributed by atoms with Gasteiger partial charge < -0.3 is 19.2 Å². The van der Waals surface area contributed by atoms with Crippen LogP contribution in [-0.4, -0.2) is 35.5 Å². The number of nitrogens with zero attached hydrogens (tertiary/aromatic N) is 1. The normalized spacial score (nSPS) is 19.7. The van der Waals surface area contributed by atoms with E-state index in [0.717, 1.165) is 24.0 Å². The third kappa shape index (κ3) is 4.22. The van der Waals surface area contributed by atoms with E-state index < -0.39 is 5.97 Å². The van der Waals surface area contributed by atoms with Crippen molar-refractivity contribution in [2.24, 2.45) is 5.92 Å². The van der Waals surface area contributed by atoms with Gasteiger partial charge in [0, 0.05) is 13.7 Å².